The number of nitrogens with zero attached hydrogens (tertiary/aromatic N) is 2. The van der Waals surface area contributed by atoms with Gasteiger partial charge in [-0.1, -0.05) is 0 Å². The first-order chi connectivity index (χ1) is 8.72. The lowest BCUT2D eigenvalue weighted by Gasteiger charge is -2.26. The number of aliphatic hydroxyl groups excluding tert-OH is 2. The molecule has 0 spiro atoms. The van der Waals surface area contributed by atoms with E-state index in [1.54, 1.807) is 13.1 Å². The van der Waals surface area contributed by atoms with Crippen molar-refractivity contribution < 1.29 is 10.2 Å². The van der Waals surface area contributed by atoms with Crippen molar-refractivity contribution in [2.45, 2.75) is 44.8 Å². The van der Waals surface area contributed by atoms with Crippen molar-refractivity contribution in [2.24, 2.45) is 0 Å². The highest BCUT2D eigenvalue weighted by atomic mass is 16.3. The first kappa shape index (κ1) is 13.3. The summed E-state index contributed by atoms with van der Waals surface area (Å²) in [7, 11) is 0. The Morgan fingerprint density at radius 1 is 1.56 bits per heavy atom. The minimum atomic E-state index is -0.453. The molecule has 2 rings (SSSR count). The smallest absolute Gasteiger partial charge is 0.129 e. The number of hydrogen-bond donors (Lipinski definition) is 2. The Morgan fingerprint density at radius 3 is 3.11 bits per heavy atom. The Kier molecular flexibility index (Phi) is 4.55. The molecule has 1 unspecified atom stereocenters. The highest BCUT2D eigenvalue weighted by Crippen LogP contribution is 2.28. The van der Waals surface area contributed by atoms with E-state index in [9.17, 15) is 5.11 Å². The molecule has 1 fully saturated rings. The number of hydrogen-bond acceptors (Lipinski definition) is 4. The molecular weight excluding hydrogens is 228 g/mol. The third kappa shape index (κ3) is 3.00. The second-order valence-corrected chi connectivity index (χ2v) is 4.98. The van der Waals surface area contributed by atoms with E-state index in [1.807, 2.05) is 12.1 Å². The number of rotatable bonds is 5. The molecule has 1 aliphatic rings. The van der Waals surface area contributed by atoms with E-state index >= 15 is 0 Å². The van der Waals surface area contributed by atoms with Crippen molar-refractivity contribution in [3.05, 3.63) is 23.9 Å². The number of anilines is 1. The summed E-state index contributed by atoms with van der Waals surface area (Å²) >= 11 is 0. The van der Waals surface area contributed by atoms with Crippen molar-refractivity contribution in [3.63, 3.8) is 0 Å². The molecule has 1 aliphatic heterocycles. The summed E-state index contributed by atoms with van der Waals surface area (Å²) < 4.78 is 0. The Labute approximate surface area is 108 Å². The minimum absolute atomic E-state index is 0.255. The quantitative estimate of drug-likeness (QED) is 0.837. The fourth-order valence-electron chi connectivity index (χ4n) is 2.62. The van der Waals surface area contributed by atoms with Crippen LogP contribution in [-0.2, 0) is 0 Å². The van der Waals surface area contributed by atoms with E-state index in [4.69, 9.17) is 5.11 Å². The molecule has 1 aromatic rings. The molecule has 0 amide bonds. The number of aliphatic hydroxyl groups is 2. The monoisotopic (exact) mass is 250 g/mol. The third-order valence-corrected chi connectivity index (χ3v) is 3.62. The van der Waals surface area contributed by atoms with Crippen LogP contribution < -0.4 is 4.90 Å². The van der Waals surface area contributed by atoms with Crippen LogP contribution >= 0.6 is 0 Å². The molecule has 0 aliphatic carbocycles. The normalized spacial score (nSPS) is 21.3. The summed E-state index contributed by atoms with van der Waals surface area (Å²) in [4.78, 5) is 6.72. The summed E-state index contributed by atoms with van der Waals surface area (Å²) in [5.74, 6) is 0.953. The third-order valence-electron chi connectivity index (χ3n) is 3.62. The molecular formula is C14H22N2O2. The Balaban J connectivity index is 2.11. The first-order valence-corrected chi connectivity index (χ1v) is 6.74. The zero-order valence-corrected chi connectivity index (χ0v) is 10.9. The van der Waals surface area contributed by atoms with Crippen LogP contribution in [0.3, 0.4) is 0 Å². The second kappa shape index (κ2) is 6.16. The van der Waals surface area contributed by atoms with E-state index < -0.39 is 6.10 Å². The summed E-state index contributed by atoms with van der Waals surface area (Å²) in [6.07, 6.45) is 5.51. The van der Waals surface area contributed by atoms with E-state index in [2.05, 4.69) is 9.88 Å². The van der Waals surface area contributed by atoms with Crippen molar-refractivity contribution >= 4 is 5.82 Å². The van der Waals surface area contributed by atoms with Crippen molar-refractivity contribution in [3.8, 4) is 0 Å². The van der Waals surface area contributed by atoms with Crippen molar-refractivity contribution in [2.75, 3.05) is 18.1 Å². The molecule has 18 heavy (non-hydrogen) atoms. The highest BCUT2D eigenvalue weighted by Gasteiger charge is 2.25. The molecule has 1 aromatic heterocycles. The van der Waals surface area contributed by atoms with Gasteiger partial charge in [0.15, 0.2) is 0 Å². The molecule has 0 bridgehead atoms. The van der Waals surface area contributed by atoms with Gasteiger partial charge >= 0.3 is 0 Å². The molecule has 0 aromatic carbocycles. The standard InChI is InChI=1S/C14H22N2O2/c1-11(18)12-6-7-15-14(10-12)16-8-2-4-13(16)5-3-9-17/h6-7,10-11,13,17-18H,2-5,8-9H2,1H3/t11-,13?/m0/s1. The van der Waals surface area contributed by atoms with E-state index in [0.717, 1.165) is 30.8 Å². The summed E-state index contributed by atoms with van der Waals surface area (Å²) in [6, 6.07) is 4.31. The molecule has 4 heteroatoms. The molecule has 4 nitrogen and oxygen atoms in total. The van der Waals surface area contributed by atoms with Crippen molar-refractivity contribution in [1.29, 1.82) is 0 Å². The van der Waals surface area contributed by atoms with Crippen LogP contribution in [0, 0.1) is 0 Å². The lowest BCUT2D eigenvalue weighted by molar-refractivity contribution is 0.199. The second-order valence-electron chi connectivity index (χ2n) is 4.98. The largest absolute Gasteiger partial charge is 0.396 e. The van der Waals surface area contributed by atoms with Gasteiger partial charge in [-0.15, -0.1) is 0 Å². The van der Waals surface area contributed by atoms with Crippen molar-refractivity contribution in [1.82, 2.24) is 4.98 Å². The summed E-state index contributed by atoms with van der Waals surface area (Å²) in [6.45, 7) is 3.05. The Morgan fingerprint density at radius 2 is 2.39 bits per heavy atom. The van der Waals surface area contributed by atoms with Gasteiger partial charge in [0.05, 0.1) is 6.10 Å². The van der Waals surface area contributed by atoms with E-state index in [0.29, 0.717) is 6.04 Å². The fraction of sp³-hybridized carbons (Fsp3) is 0.643. The number of pyridine rings is 1. The first-order valence-electron chi connectivity index (χ1n) is 6.74. The molecule has 2 atom stereocenters. The Bertz CT molecular complexity index is 382. The lowest BCUT2D eigenvalue weighted by Crippen LogP contribution is -2.30. The molecule has 0 saturated carbocycles. The maximum Gasteiger partial charge on any atom is 0.129 e. The van der Waals surface area contributed by atoms with Crippen LogP contribution in [0.5, 0.6) is 0 Å². The van der Waals surface area contributed by atoms with Gasteiger partial charge in [-0.3, -0.25) is 0 Å². The zero-order chi connectivity index (χ0) is 13.0. The van der Waals surface area contributed by atoms with Gasteiger partial charge < -0.3 is 15.1 Å². The maximum atomic E-state index is 9.62. The van der Waals surface area contributed by atoms with E-state index in [1.165, 1.54) is 12.8 Å². The average molecular weight is 250 g/mol. The molecule has 1 saturated heterocycles. The predicted octanol–water partition coefficient (Wildman–Crippen LogP) is 1.88. The predicted molar refractivity (Wildman–Crippen MR) is 71.6 cm³/mol. The summed E-state index contributed by atoms with van der Waals surface area (Å²) in [5.41, 5.74) is 0.910. The van der Waals surface area contributed by atoms with Crippen LogP contribution in [0.4, 0.5) is 5.82 Å². The maximum absolute atomic E-state index is 9.62. The van der Waals surface area contributed by atoms with Gasteiger partial charge in [-0.05, 0) is 50.3 Å². The van der Waals surface area contributed by atoms with Gasteiger partial charge in [-0.2, -0.15) is 0 Å². The number of aromatic nitrogens is 1. The molecule has 2 heterocycles. The van der Waals surface area contributed by atoms with Crippen LogP contribution in [0.15, 0.2) is 18.3 Å². The fourth-order valence-corrected chi connectivity index (χ4v) is 2.62. The van der Waals surface area contributed by atoms with Gasteiger partial charge in [0.25, 0.3) is 0 Å². The molecule has 0 radical (unpaired) electrons. The van der Waals surface area contributed by atoms with Crippen LogP contribution in [0.25, 0.3) is 0 Å². The lowest BCUT2D eigenvalue weighted by atomic mass is 10.1. The topological polar surface area (TPSA) is 56.6 Å². The van der Waals surface area contributed by atoms with Crippen LogP contribution in [0.2, 0.25) is 0 Å². The highest BCUT2D eigenvalue weighted by molar-refractivity contribution is 5.43. The minimum Gasteiger partial charge on any atom is -0.396 e. The molecule has 2 N–H and O–H groups in total. The zero-order valence-electron chi connectivity index (χ0n) is 10.9. The molecule has 100 valence electrons. The van der Waals surface area contributed by atoms with Gasteiger partial charge in [0, 0.05) is 25.4 Å². The van der Waals surface area contributed by atoms with Gasteiger partial charge in [-0.25, -0.2) is 4.98 Å². The van der Waals surface area contributed by atoms with E-state index in [-0.39, 0.29) is 6.61 Å². The van der Waals surface area contributed by atoms with Crippen LogP contribution in [-0.4, -0.2) is 34.4 Å². The van der Waals surface area contributed by atoms with Crippen LogP contribution in [0.1, 0.15) is 44.3 Å². The Hall–Kier alpha value is -1.13. The summed E-state index contributed by atoms with van der Waals surface area (Å²) in [5, 5.41) is 18.6. The SMILES string of the molecule is C[C@H](O)c1ccnc(N2CCCC2CCCO)c1. The average Bonchev–Trinajstić information content (AvgIpc) is 2.84. The van der Waals surface area contributed by atoms with Gasteiger partial charge in [0.2, 0.25) is 0 Å². The van der Waals surface area contributed by atoms with Gasteiger partial charge in [0.1, 0.15) is 5.82 Å².